The van der Waals surface area contributed by atoms with Gasteiger partial charge in [0, 0.05) is 29.0 Å². The fourth-order valence-electron chi connectivity index (χ4n) is 3.09. The molecule has 0 radical (unpaired) electrons. The molecule has 0 aliphatic heterocycles. The Bertz CT molecular complexity index is 542. The van der Waals surface area contributed by atoms with Crippen LogP contribution in [0, 0.1) is 5.41 Å². The molecule has 0 spiro atoms. The van der Waals surface area contributed by atoms with Crippen LogP contribution in [0.3, 0.4) is 0 Å². The predicted octanol–water partition coefficient (Wildman–Crippen LogP) is 2.69. The van der Waals surface area contributed by atoms with Crippen molar-refractivity contribution in [1.29, 1.82) is 0 Å². The number of para-hydroxylation sites is 1. The average Bonchev–Trinajstić information content (AvgIpc) is 3.04. The first-order valence-corrected chi connectivity index (χ1v) is 6.59. The highest BCUT2D eigenvalue weighted by molar-refractivity contribution is 5.81. The number of rotatable bonds is 5. The lowest BCUT2D eigenvalue weighted by atomic mass is 9.89. The van der Waals surface area contributed by atoms with Crippen LogP contribution in [-0.4, -0.2) is 20.6 Å². The molecular weight excluding hydrogens is 224 g/mol. The Hall–Kier alpha value is -1.32. The molecule has 1 aromatic heterocycles. The van der Waals surface area contributed by atoms with E-state index in [4.69, 9.17) is 4.42 Å². The van der Waals surface area contributed by atoms with Crippen molar-refractivity contribution < 1.29 is 4.42 Å². The number of fused-ring (bicyclic) bond motifs is 1. The second kappa shape index (κ2) is 4.41. The average molecular weight is 244 g/mol. The van der Waals surface area contributed by atoms with E-state index in [1.807, 2.05) is 32.5 Å². The number of furan rings is 1. The van der Waals surface area contributed by atoms with Crippen molar-refractivity contribution in [2.45, 2.75) is 18.9 Å². The molecule has 3 rings (SSSR count). The Kier molecular flexibility index (Phi) is 2.88. The van der Waals surface area contributed by atoms with Crippen LogP contribution >= 0.6 is 0 Å². The minimum absolute atomic E-state index is 0.357. The standard InChI is InChI=1S/C15H20N2O/c1-16-10-15(7-8-15)14(17-2)12-9-18-13-6-4-3-5-11(12)13/h3-6,9,14,16-17H,7-8,10H2,1-2H3. The molecule has 1 fully saturated rings. The van der Waals surface area contributed by atoms with Crippen LogP contribution in [0.5, 0.6) is 0 Å². The third-order valence-corrected chi connectivity index (χ3v) is 4.14. The summed E-state index contributed by atoms with van der Waals surface area (Å²) >= 11 is 0. The molecule has 1 aliphatic carbocycles. The summed E-state index contributed by atoms with van der Waals surface area (Å²) in [5, 5.41) is 8.04. The van der Waals surface area contributed by atoms with Crippen LogP contribution in [-0.2, 0) is 0 Å². The van der Waals surface area contributed by atoms with Gasteiger partial charge in [0.1, 0.15) is 5.58 Å². The monoisotopic (exact) mass is 244 g/mol. The van der Waals surface area contributed by atoms with Gasteiger partial charge in [-0.2, -0.15) is 0 Å². The minimum Gasteiger partial charge on any atom is -0.464 e. The molecule has 1 unspecified atom stereocenters. The maximum absolute atomic E-state index is 5.67. The molecule has 1 atom stereocenters. The molecule has 1 aromatic carbocycles. The highest BCUT2D eigenvalue weighted by Gasteiger charge is 2.49. The molecule has 0 saturated heterocycles. The lowest BCUT2D eigenvalue weighted by molar-refractivity contribution is 0.346. The Morgan fingerprint density at radius 2 is 2.06 bits per heavy atom. The third kappa shape index (κ3) is 1.74. The zero-order chi connectivity index (χ0) is 12.6. The molecule has 1 saturated carbocycles. The summed E-state index contributed by atoms with van der Waals surface area (Å²) in [6.45, 7) is 1.05. The summed E-state index contributed by atoms with van der Waals surface area (Å²) in [7, 11) is 4.07. The van der Waals surface area contributed by atoms with E-state index in [-0.39, 0.29) is 0 Å². The van der Waals surface area contributed by atoms with Crippen LogP contribution < -0.4 is 10.6 Å². The van der Waals surface area contributed by atoms with Crippen LogP contribution in [0.25, 0.3) is 11.0 Å². The first kappa shape index (κ1) is 11.8. The van der Waals surface area contributed by atoms with E-state index in [2.05, 4.69) is 22.8 Å². The van der Waals surface area contributed by atoms with Crippen LogP contribution in [0.15, 0.2) is 34.9 Å². The molecule has 3 nitrogen and oxygen atoms in total. The predicted molar refractivity (Wildman–Crippen MR) is 73.6 cm³/mol. The van der Waals surface area contributed by atoms with Crippen LogP contribution in [0.4, 0.5) is 0 Å². The molecule has 96 valence electrons. The summed E-state index contributed by atoms with van der Waals surface area (Å²) in [5.41, 5.74) is 2.63. The summed E-state index contributed by atoms with van der Waals surface area (Å²) in [6, 6.07) is 8.64. The van der Waals surface area contributed by atoms with Crippen LogP contribution in [0.1, 0.15) is 24.4 Å². The maximum Gasteiger partial charge on any atom is 0.134 e. The van der Waals surface area contributed by atoms with Gasteiger partial charge in [-0.25, -0.2) is 0 Å². The summed E-state index contributed by atoms with van der Waals surface area (Å²) in [6.07, 6.45) is 4.47. The van der Waals surface area contributed by atoms with Gasteiger partial charge >= 0.3 is 0 Å². The van der Waals surface area contributed by atoms with Crippen molar-refractivity contribution in [3.8, 4) is 0 Å². The van der Waals surface area contributed by atoms with Gasteiger partial charge in [0.2, 0.25) is 0 Å². The fourth-order valence-corrected chi connectivity index (χ4v) is 3.09. The van der Waals surface area contributed by atoms with E-state index in [0.29, 0.717) is 11.5 Å². The molecule has 2 aromatic rings. The zero-order valence-corrected chi connectivity index (χ0v) is 11.0. The summed E-state index contributed by atoms with van der Waals surface area (Å²) < 4.78 is 5.67. The number of hydrogen-bond acceptors (Lipinski definition) is 3. The van der Waals surface area contributed by atoms with Crippen molar-refractivity contribution >= 4 is 11.0 Å². The number of hydrogen-bond donors (Lipinski definition) is 2. The van der Waals surface area contributed by atoms with Gasteiger partial charge in [-0.15, -0.1) is 0 Å². The first-order chi connectivity index (χ1) is 8.80. The lowest BCUT2D eigenvalue weighted by Gasteiger charge is -2.26. The van der Waals surface area contributed by atoms with Crippen molar-refractivity contribution in [3.05, 3.63) is 36.1 Å². The van der Waals surface area contributed by atoms with Gasteiger partial charge in [-0.3, -0.25) is 0 Å². The van der Waals surface area contributed by atoms with E-state index in [1.54, 1.807) is 0 Å². The lowest BCUT2D eigenvalue weighted by Crippen LogP contribution is -2.33. The minimum atomic E-state index is 0.357. The fraction of sp³-hybridized carbons (Fsp3) is 0.467. The molecule has 1 heterocycles. The molecular formula is C15H20N2O. The van der Waals surface area contributed by atoms with Crippen molar-refractivity contribution in [2.24, 2.45) is 5.41 Å². The Balaban J connectivity index is 2.01. The van der Waals surface area contributed by atoms with Gasteiger partial charge < -0.3 is 15.1 Å². The van der Waals surface area contributed by atoms with Crippen molar-refractivity contribution in [1.82, 2.24) is 10.6 Å². The van der Waals surface area contributed by atoms with Gasteiger partial charge in [-0.1, -0.05) is 18.2 Å². The highest BCUT2D eigenvalue weighted by atomic mass is 16.3. The topological polar surface area (TPSA) is 37.2 Å². The SMILES string of the molecule is CNCC1(C(NC)c2coc3ccccc23)CC1. The molecule has 0 bridgehead atoms. The smallest absolute Gasteiger partial charge is 0.134 e. The van der Waals surface area contributed by atoms with Gasteiger partial charge in [-0.05, 0) is 33.0 Å². The van der Waals surface area contributed by atoms with E-state index >= 15 is 0 Å². The Morgan fingerprint density at radius 1 is 1.28 bits per heavy atom. The molecule has 3 heteroatoms. The van der Waals surface area contributed by atoms with E-state index in [9.17, 15) is 0 Å². The molecule has 2 N–H and O–H groups in total. The molecule has 0 amide bonds. The van der Waals surface area contributed by atoms with E-state index in [0.717, 1.165) is 12.1 Å². The first-order valence-electron chi connectivity index (χ1n) is 6.59. The van der Waals surface area contributed by atoms with Crippen molar-refractivity contribution in [2.75, 3.05) is 20.6 Å². The summed E-state index contributed by atoms with van der Waals surface area (Å²) in [4.78, 5) is 0. The highest BCUT2D eigenvalue weighted by Crippen LogP contribution is 2.55. The normalized spacial score (nSPS) is 19.0. The van der Waals surface area contributed by atoms with Gasteiger partial charge in [0.15, 0.2) is 0 Å². The maximum atomic E-state index is 5.67. The zero-order valence-electron chi connectivity index (χ0n) is 11.0. The summed E-state index contributed by atoms with van der Waals surface area (Å²) in [5.74, 6) is 0. The molecule has 1 aliphatic rings. The second-order valence-corrected chi connectivity index (χ2v) is 5.30. The van der Waals surface area contributed by atoms with E-state index < -0.39 is 0 Å². The van der Waals surface area contributed by atoms with Crippen LogP contribution in [0.2, 0.25) is 0 Å². The number of nitrogens with one attached hydrogen (secondary N) is 2. The van der Waals surface area contributed by atoms with Gasteiger partial charge in [0.05, 0.1) is 6.26 Å². The van der Waals surface area contributed by atoms with E-state index in [1.165, 1.54) is 23.8 Å². The van der Waals surface area contributed by atoms with Gasteiger partial charge in [0.25, 0.3) is 0 Å². The number of benzene rings is 1. The third-order valence-electron chi connectivity index (χ3n) is 4.14. The van der Waals surface area contributed by atoms with Crippen molar-refractivity contribution in [3.63, 3.8) is 0 Å². The Morgan fingerprint density at radius 3 is 2.72 bits per heavy atom. The quantitative estimate of drug-likeness (QED) is 0.849. The molecule has 18 heavy (non-hydrogen) atoms. The Labute approximate surface area is 108 Å². The second-order valence-electron chi connectivity index (χ2n) is 5.30. The largest absolute Gasteiger partial charge is 0.464 e.